The Hall–Kier alpha value is -0.610. The number of nitrogens with zero attached hydrogens (tertiary/aromatic N) is 1. The third-order valence-electron chi connectivity index (χ3n) is 2.99. The molecule has 1 aliphatic rings. The van der Waals surface area contributed by atoms with E-state index < -0.39 is 0 Å². The van der Waals surface area contributed by atoms with Crippen LogP contribution >= 0.6 is 0 Å². The van der Waals surface area contributed by atoms with Gasteiger partial charge in [0, 0.05) is 19.2 Å². The van der Waals surface area contributed by atoms with Crippen LogP contribution in [0.2, 0.25) is 0 Å². The number of rotatable bonds is 5. The maximum absolute atomic E-state index is 11.9. The molecule has 0 aromatic carbocycles. The molecule has 4 nitrogen and oxygen atoms in total. The highest BCUT2D eigenvalue weighted by molar-refractivity contribution is 5.77. The topological polar surface area (TPSA) is 49.8 Å². The van der Waals surface area contributed by atoms with Crippen LogP contribution in [0.1, 0.15) is 39.5 Å². The van der Waals surface area contributed by atoms with Crippen LogP contribution in [0.4, 0.5) is 0 Å². The minimum Gasteiger partial charge on any atom is -0.393 e. The van der Waals surface area contributed by atoms with Gasteiger partial charge in [0.1, 0.15) is 6.61 Å². The van der Waals surface area contributed by atoms with Gasteiger partial charge in [-0.05, 0) is 39.5 Å². The summed E-state index contributed by atoms with van der Waals surface area (Å²) < 4.78 is 5.15. The lowest BCUT2D eigenvalue weighted by Gasteiger charge is -2.36. The highest BCUT2D eigenvalue weighted by atomic mass is 16.5. The number of ether oxygens (including phenoxy) is 1. The van der Waals surface area contributed by atoms with E-state index in [1.54, 1.807) is 6.92 Å². The molecule has 2 atom stereocenters. The van der Waals surface area contributed by atoms with Gasteiger partial charge in [-0.3, -0.25) is 4.79 Å². The van der Waals surface area contributed by atoms with Gasteiger partial charge in [0.15, 0.2) is 0 Å². The molecule has 4 heteroatoms. The van der Waals surface area contributed by atoms with E-state index in [0.717, 1.165) is 25.8 Å². The van der Waals surface area contributed by atoms with Gasteiger partial charge in [0.2, 0.25) is 5.91 Å². The molecule has 0 spiro atoms. The third-order valence-corrected chi connectivity index (χ3v) is 2.99. The van der Waals surface area contributed by atoms with Crippen molar-refractivity contribution >= 4 is 5.91 Å². The summed E-state index contributed by atoms with van der Waals surface area (Å²) in [5, 5.41) is 9.41. The normalized spacial score (nSPS) is 23.2. The van der Waals surface area contributed by atoms with Crippen LogP contribution < -0.4 is 0 Å². The highest BCUT2D eigenvalue weighted by Crippen LogP contribution is 2.21. The van der Waals surface area contributed by atoms with Gasteiger partial charge in [0.25, 0.3) is 0 Å². The lowest BCUT2D eigenvalue weighted by atomic mass is 9.97. The average Bonchev–Trinajstić information content (AvgIpc) is 2.26. The zero-order valence-corrected chi connectivity index (χ0v) is 10.3. The van der Waals surface area contributed by atoms with Crippen molar-refractivity contribution in [3.63, 3.8) is 0 Å². The Balaban J connectivity index is 2.48. The van der Waals surface area contributed by atoms with Gasteiger partial charge >= 0.3 is 0 Å². The maximum Gasteiger partial charge on any atom is 0.248 e. The Morgan fingerprint density at radius 2 is 2.31 bits per heavy atom. The van der Waals surface area contributed by atoms with Crippen LogP contribution in [0.5, 0.6) is 0 Å². The predicted octanol–water partition coefficient (Wildman–Crippen LogP) is 1.17. The van der Waals surface area contributed by atoms with Crippen molar-refractivity contribution in [2.24, 2.45) is 0 Å². The van der Waals surface area contributed by atoms with Crippen LogP contribution in [-0.4, -0.2) is 47.8 Å². The van der Waals surface area contributed by atoms with Crippen LogP contribution in [0.15, 0.2) is 0 Å². The standard InChI is InChI=1S/C12H23NO3/c1-3-16-9-12(15)13-7-5-4-6-11(13)8-10(2)14/h10-11,14H,3-9H2,1-2H3. The number of likely N-dealkylation sites (tertiary alicyclic amines) is 1. The fraction of sp³-hybridized carbons (Fsp3) is 0.917. The summed E-state index contributed by atoms with van der Waals surface area (Å²) in [6.45, 7) is 5.22. The molecule has 0 radical (unpaired) electrons. The van der Waals surface area contributed by atoms with Crippen molar-refractivity contribution in [2.75, 3.05) is 19.8 Å². The summed E-state index contributed by atoms with van der Waals surface area (Å²) in [5.41, 5.74) is 0. The van der Waals surface area contributed by atoms with Crippen LogP contribution in [0.3, 0.4) is 0 Å². The number of aliphatic hydroxyl groups excluding tert-OH is 1. The number of carbonyl (C=O) groups is 1. The molecule has 0 aromatic rings. The summed E-state index contributed by atoms with van der Waals surface area (Å²) in [4.78, 5) is 13.7. The molecule has 1 N–H and O–H groups in total. The molecule has 1 heterocycles. The largest absolute Gasteiger partial charge is 0.393 e. The monoisotopic (exact) mass is 229 g/mol. The molecule has 1 saturated heterocycles. The second-order valence-electron chi connectivity index (χ2n) is 4.46. The fourth-order valence-electron chi connectivity index (χ4n) is 2.24. The third kappa shape index (κ3) is 4.10. The first-order valence-corrected chi connectivity index (χ1v) is 6.20. The van der Waals surface area contributed by atoms with Crippen molar-refractivity contribution in [1.29, 1.82) is 0 Å². The van der Waals surface area contributed by atoms with Gasteiger partial charge in [-0.1, -0.05) is 0 Å². The lowest BCUT2D eigenvalue weighted by molar-refractivity contribution is -0.140. The molecular formula is C12H23NO3. The molecule has 0 saturated carbocycles. The first-order valence-electron chi connectivity index (χ1n) is 6.20. The maximum atomic E-state index is 11.9. The molecule has 0 bridgehead atoms. The van der Waals surface area contributed by atoms with E-state index in [-0.39, 0.29) is 24.7 Å². The van der Waals surface area contributed by atoms with E-state index in [1.807, 2.05) is 11.8 Å². The van der Waals surface area contributed by atoms with Crippen LogP contribution in [0, 0.1) is 0 Å². The molecule has 94 valence electrons. The van der Waals surface area contributed by atoms with Gasteiger partial charge in [-0.2, -0.15) is 0 Å². The molecule has 1 rings (SSSR count). The van der Waals surface area contributed by atoms with E-state index in [2.05, 4.69) is 0 Å². The fourth-order valence-corrected chi connectivity index (χ4v) is 2.24. The predicted molar refractivity (Wildman–Crippen MR) is 62.1 cm³/mol. The van der Waals surface area contributed by atoms with Crippen molar-refractivity contribution < 1.29 is 14.6 Å². The van der Waals surface area contributed by atoms with Gasteiger partial charge in [-0.25, -0.2) is 0 Å². The number of amides is 1. The molecule has 1 amide bonds. The van der Waals surface area contributed by atoms with Crippen LogP contribution in [-0.2, 0) is 9.53 Å². The summed E-state index contributed by atoms with van der Waals surface area (Å²) in [6, 6.07) is 0.196. The van der Waals surface area contributed by atoms with Gasteiger partial charge in [0.05, 0.1) is 6.10 Å². The number of piperidine rings is 1. The van der Waals surface area contributed by atoms with E-state index in [9.17, 15) is 9.90 Å². The Morgan fingerprint density at radius 1 is 1.56 bits per heavy atom. The molecule has 0 aliphatic carbocycles. The minimum absolute atomic E-state index is 0.0622. The molecule has 1 aliphatic heterocycles. The zero-order chi connectivity index (χ0) is 12.0. The van der Waals surface area contributed by atoms with Crippen molar-refractivity contribution in [1.82, 2.24) is 4.90 Å². The highest BCUT2D eigenvalue weighted by Gasteiger charge is 2.27. The summed E-state index contributed by atoms with van der Waals surface area (Å²) in [7, 11) is 0. The smallest absolute Gasteiger partial charge is 0.248 e. The van der Waals surface area contributed by atoms with E-state index >= 15 is 0 Å². The summed E-state index contributed by atoms with van der Waals surface area (Å²) >= 11 is 0. The lowest BCUT2D eigenvalue weighted by Crippen LogP contribution is -2.46. The summed E-state index contributed by atoms with van der Waals surface area (Å²) in [5.74, 6) is 0.0622. The SMILES string of the molecule is CCOCC(=O)N1CCCCC1CC(C)O. The number of carbonyl (C=O) groups excluding carboxylic acids is 1. The number of hydrogen-bond donors (Lipinski definition) is 1. The average molecular weight is 229 g/mol. The minimum atomic E-state index is -0.342. The molecule has 1 fully saturated rings. The molecule has 16 heavy (non-hydrogen) atoms. The quantitative estimate of drug-likeness (QED) is 0.770. The van der Waals surface area contributed by atoms with E-state index in [4.69, 9.17) is 4.74 Å². The Kier molecular flexibility index (Phi) is 5.77. The first kappa shape index (κ1) is 13.5. The van der Waals surface area contributed by atoms with E-state index in [0.29, 0.717) is 13.0 Å². The second kappa shape index (κ2) is 6.86. The molecule has 2 unspecified atom stereocenters. The van der Waals surface area contributed by atoms with Crippen molar-refractivity contribution in [3.05, 3.63) is 0 Å². The van der Waals surface area contributed by atoms with Crippen molar-refractivity contribution in [3.8, 4) is 0 Å². The zero-order valence-electron chi connectivity index (χ0n) is 10.3. The first-order chi connectivity index (χ1) is 7.65. The van der Waals surface area contributed by atoms with Crippen LogP contribution in [0.25, 0.3) is 0 Å². The van der Waals surface area contributed by atoms with E-state index in [1.165, 1.54) is 0 Å². The van der Waals surface area contributed by atoms with Crippen molar-refractivity contribution in [2.45, 2.75) is 51.7 Å². The Bertz CT molecular complexity index is 218. The van der Waals surface area contributed by atoms with Gasteiger partial charge in [-0.15, -0.1) is 0 Å². The second-order valence-corrected chi connectivity index (χ2v) is 4.46. The number of hydrogen-bond acceptors (Lipinski definition) is 3. The van der Waals surface area contributed by atoms with Gasteiger partial charge < -0.3 is 14.7 Å². The Morgan fingerprint density at radius 3 is 2.94 bits per heavy atom. The Labute approximate surface area is 97.6 Å². The number of aliphatic hydroxyl groups is 1. The molecular weight excluding hydrogens is 206 g/mol. The summed E-state index contributed by atoms with van der Waals surface area (Å²) in [6.07, 6.45) is 3.55. The molecule has 0 aromatic heterocycles.